The molecule has 3 rings (SSSR count). The van der Waals surface area contributed by atoms with Gasteiger partial charge in [0.05, 0.1) is 11.0 Å². The first-order valence-corrected chi connectivity index (χ1v) is 6.85. The van der Waals surface area contributed by atoms with Crippen LogP contribution in [0.4, 0.5) is 0 Å². The molecule has 0 bridgehead atoms. The molecular formula is C14H14N4S. The predicted molar refractivity (Wildman–Crippen MR) is 77.1 cm³/mol. The maximum absolute atomic E-state index is 5.73. The Hall–Kier alpha value is -1.85. The summed E-state index contributed by atoms with van der Waals surface area (Å²) >= 11 is 1.56. The number of imidazole rings is 1. The second kappa shape index (κ2) is 5.03. The average Bonchev–Trinajstić information content (AvgIpc) is 2.80. The molecule has 0 aliphatic rings. The standard InChI is InChI=1S/C14H14N4S/c1-9-2-3-11-12(6-9)18-14(17-11)19-13-8-16-5-4-10(13)7-15/h2-6,8H,7,15H2,1H3,(H,17,18). The molecule has 0 saturated carbocycles. The van der Waals surface area contributed by atoms with Crippen molar-refractivity contribution in [1.82, 2.24) is 15.0 Å². The van der Waals surface area contributed by atoms with Crippen molar-refractivity contribution in [2.24, 2.45) is 5.73 Å². The number of pyridine rings is 1. The second-order valence-electron chi connectivity index (χ2n) is 4.35. The van der Waals surface area contributed by atoms with Gasteiger partial charge in [0, 0.05) is 23.8 Å². The van der Waals surface area contributed by atoms with Crippen LogP contribution in [0.15, 0.2) is 46.7 Å². The minimum atomic E-state index is 0.504. The lowest BCUT2D eigenvalue weighted by molar-refractivity contribution is 0.997. The SMILES string of the molecule is Cc1ccc2nc(Sc3cnccc3CN)[nH]c2c1. The Balaban J connectivity index is 1.96. The van der Waals surface area contributed by atoms with Crippen molar-refractivity contribution in [3.8, 4) is 0 Å². The van der Waals surface area contributed by atoms with Gasteiger partial charge in [-0.15, -0.1) is 0 Å². The molecule has 3 aromatic rings. The van der Waals surface area contributed by atoms with Gasteiger partial charge in [0.25, 0.3) is 0 Å². The lowest BCUT2D eigenvalue weighted by atomic mass is 10.2. The number of H-pyrrole nitrogens is 1. The molecule has 3 N–H and O–H groups in total. The van der Waals surface area contributed by atoms with E-state index in [4.69, 9.17) is 5.73 Å². The molecule has 2 aromatic heterocycles. The van der Waals surface area contributed by atoms with Crippen molar-refractivity contribution in [1.29, 1.82) is 0 Å². The Kier molecular flexibility index (Phi) is 3.23. The molecule has 2 heterocycles. The van der Waals surface area contributed by atoms with E-state index in [0.717, 1.165) is 26.6 Å². The summed E-state index contributed by atoms with van der Waals surface area (Å²) in [6, 6.07) is 8.12. The first-order valence-electron chi connectivity index (χ1n) is 6.03. The van der Waals surface area contributed by atoms with E-state index in [-0.39, 0.29) is 0 Å². The van der Waals surface area contributed by atoms with E-state index in [1.807, 2.05) is 18.3 Å². The fourth-order valence-electron chi connectivity index (χ4n) is 1.92. The molecular weight excluding hydrogens is 256 g/mol. The largest absolute Gasteiger partial charge is 0.333 e. The van der Waals surface area contributed by atoms with Crippen LogP contribution in [0, 0.1) is 6.92 Å². The summed E-state index contributed by atoms with van der Waals surface area (Å²) in [6.07, 6.45) is 3.58. The van der Waals surface area contributed by atoms with E-state index >= 15 is 0 Å². The highest BCUT2D eigenvalue weighted by molar-refractivity contribution is 7.99. The molecule has 0 atom stereocenters. The topological polar surface area (TPSA) is 67.6 Å². The number of nitrogens with two attached hydrogens (primary N) is 1. The molecule has 0 amide bonds. The van der Waals surface area contributed by atoms with Crippen molar-refractivity contribution in [2.75, 3.05) is 0 Å². The zero-order chi connectivity index (χ0) is 13.2. The van der Waals surface area contributed by atoms with Gasteiger partial charge in [0.2, 0.25) is 0 Å². The van der Waals surface area contributed by atoms with Gasteiger partial charge in [-0.3, -0.25) is 4.98 Å². The first kappa shape index (κ1) is 12.2. The molecule has 4 nitrogen and oxygen atoms in total. The van der Waals surface area contributed by atoms with E-state index < -0.39 is 0 Å². The molecule has 0 aliphatic heterocycles. The van der Waals surface area contributed by atoms with E-state index in [0.29, 0.717) is 6.54 Å². The average molecular weight is 270 g/mol. The number of nitrogens with zero attached hydrogens (tertiary/aromatic N) is 2. The molecule has 0 saturated heterocycles. The number of fused-ring (bicyclic) bond motifs is 1. The third-order valence-electron chi connectivity index (χ3n) is 2.91. The highest BCUT2D eigenvalue weighted by Crippen LogP contribution is 2.29. The zero-order valence-electron chi connectivity index (χ0n) is 10.6. The van der Waals surface area contributed by atoms with Crippen molar-refractivity contribution in [2.45, 2.75) is 23.5 Å². The van der Waals surface area contributed by atoms with Crippen molar-refractivity contribution in [3.63, 3.8) is 0 Å². The van der Waals surface area contributed by atoms with Crippen LogP contribution in [-0.4, -0.2) is 15.0 Å². The number of aryl methyl sites for hydroxylation is 1. The van der Waals surface area contributed by atoms with Crippen LogP contribution in [0.25, 0.3) is 11.0 Å². The maximum Gasteiger partial charge on any atom is 0.171 e. The molecule has 0 fully saturated rings. The predicted octanol–water partition coefficient (Wildman–Crippen LogP) is 2.88. The monoisotopic (exact) mass is 270 g/mol. The minimum Gasteiger partial charge on any atom is -0.333 e. The Morgan fingerprint density at radius 1 is 1.32 bits per heavy atom. The lowest BCUT2D eigenvalue weighted by Crippen LogP contribution is -1.98. The van der Waals surface area contributed by atoms with E-state index in [2.05, 4.69) is 34.0 Å². The molecule has 1 aromatic carbocycles. The van der Waals surface area contributed by atoms with Crippen molar-refractivity contribution in [3.05, 3.63) is 47.8 Å². The van der Waals surface area contributed by atoms with Crippen LogP contribution < -0.4 is 5.73 Å². The summed E-state index contributed by atoms with van der Waals surface area (Å²) < 4.78 is 0. The quantitative estimate of drug-likeness (QED) is 0.768. The van der Waals surface area contributed by atoms with E-state index in [9.17, 15) is 0 Å². The van der Waals surface area contributed by atoms with Crippen LogP contribution in [0.1, 0.15) is 11.1 Å². The summed E-state index contributed by atoms with van der Waals surface area (Å²) in [5, 5.41) is 0.864. The minimum absolute atomic E-state index is 0.504. The Morgan fingerprint density at radius 2 is 2.21 bits per heavy atom. The van der Waals surface area contributed by atoms with Gasteiger partial charge in [-0.25, -0.2) is 4.98 Å². The van der Waals surface area contributed by atoms with E-state index in [1.165, 1.54) is 5.56 Å². The Bertz CT molecular complexity index is 720. The summed E-state index contributed by atoms with van der Waals surface area (Å²) in [4.78, 5) is 13.1. The molecule has 0 spiro atoms. The summed E-state index contributed by atoms with van der Waals surface area (Å²) in [5.41, 5.74) is 10.1. The molecule has 0 radical (unpaired) electrons. The molecule has 0 aliphatic carbocycles. The molecule has 5 heteroatoms. The van der Waals surface area contributed by atoms with E-state index in [1.54, 1.807) is 18.0 Å². The number of benzene rings is 1. The number of aromatic amines is 1. The summed E-state index contributed by atoms with van der Waals surface area (Å²) in [7, 11) is 0. The van der Waals surface area contributed by atoms with Crippen LogP contribution in [0.3, 0.4) is 0 Å². The Morgan fingerprint density at radius 3 is 3.05 bits per heavy atom. The summed E-state index contributed by atoms with van der Waals surface area (Å²) in [5.74, 6) is 0. The van der Waals surface area contributed by atoms with Gasteiger partial charge in [-0.1, -0.05) is 6.07 Å². The Labute approximate surface area is 115 Å². The van der Waals surface area contributed by atoms with Gasteiger partial charge in [-0.05, 0) is 48.0 Å². The smallest absolute Gasteiger partial charge is 0.171 e. The zero-order valence-corrected chi connectivity index (χ0v) is 11.4. The van der Waals surface area contributed by atoms with Gasteiger partial charge < -0.3 is 10.7 Å². The van der Waals surface area contributed by atoms with Crippen molar-refractivity contribution >= 4 is 22.8 Å². The maximum atomic E-state index is 5.73. The first-order chi connectivity index (χ1) is 9.26. The normalized spacial score (nSPS) is 11.1. The van der Waals surface area contributed by atoms with Crippen LogP contribution in [0.2, 0.25) is 0 Å². The van der Waals surface area contributed by atoms with Crippen LogP contribution in [0.5, 0.6) is 0 Å². The third-order valence-corrected chi connectivity index (χ3v) is 3.89. The van der Waals surface area contributed by atoms with Gasteiger partial charge >= 0.3 is 0 Å². The highest BCUT2D eigenvalue weighted by Gasteiger charge is 2.07. The van der Waals surface area contributed by atoms with Gasteiger partial charge in [0.15, 0.2) is 5.16 Å². The third kappa shape index (κ3) is 2.47. The number of aromatic nitrogens is 3. The number of hydrogen-bond donors (Lipinski definition) is 2. The van der Waals surface area contributed by atoms with Gasteiger partial charge in [-0.2, -0.15) is 0 Å². The number of nitrogens with one attached hydrogen (secondary N) is 1. The lowest BCUT2D eigenvalue weighted by Gasteiger charge is -2.03. The highest BCUT2D eigenvalue weighted by atomic mass is 32.2. The fraction of sp³-hybridized carbons (Fsp3) is 0.143. The molecule has 0 unspecified atom stereocenters. The van der Waals surface area contributed by atoms with Crippen molar-refractivity contribution < 1.29 is 0 Å². The molecule has 96 valence electrons. The fourth-order valence-corrected chi connectivity index (χ4v) is 2.83. The van der Waals surface area contributed by atoms with Crippen LogP contribution in [-0.2, 0) is 6.54 Å². The summed E-state index contributed by atoms with van der Waals surface area (Å²) in [6.45, 7) is 2.57. The van der Waals surface area contributed by atoms with Crippen LogP contribution >= 0.6 is 11.8 Å². The number of hydrogen-bond acceptors (Lipinski definition) is 4. The second-order valence-corrected chi connectivity index (χ2v) is 5.38. The molecule has 19 heavy (non-hydrogen) atoms. The number of rotatable bonds is 3. The van der Waals surface area contributed by atoms with Gasteiger partial charge in [0.1, 0.15) is 0 Å².